The van der Waals surface area contributed by atoms with E-state index in [4.69, 9.17) is 0 Å². The molecule has 0 atom stereocenters. The van der Waals surface area contributed by atoms with Crippen LogP contribution in [0, 0.1) is 18.6 Å². The molecule has 0 aliphatic heterocycles. The average Bonchev–Trinajstić information content (AvgIpc) is 2.69. The van der Waals surface area contributed by atoms with Crippen LogP contribution >= 0.6 is 11.8 Å². The van der Waals surface area contributed by atoms with Crippen LogP contribution in [0.3, 0.4) is 0 Å². The Morgan fingerprint density at radius 3 is 2.61 bits per heavy atom. The van der Waals surface area contributed by atoms with Gasteiger partial charge in [0.25, 0.3) is 5.56 Å². The van der Waals surface area contributed by atoms with Crippen molar-refractivity contribution in [1.29, 1.82) is 0 Å². The lowest BCUT2D eigenvalue weighted by Gasteiger charge is -2.08. The van der Waals surface area contributed by atoms with Crippen LogP contribution in [0.5, 0.6) is 0 Å². The number of benzene rings is 2. The molecule has 2 aromatic carbocycles. The molecule has 0 unspecified atom stereocenters. The SMILES string of the molecule is Cc1ccc(CNC(=O)CSc2nccn(-c3ccc(F)c(F)c3)c2=O)cc1. The Morgan fingerprint density at radius 1 is 1.14 bits per heavy atom. The van der Waals surface area contributed by atoms with Crippen molar-refractivity contribution in [2.45, 2.75) is 18.5 Å². The van der Waals surface area contributed by atoms with Crippen molar-refractivity contribution in [3.63, 3.8) is 0 Å². The molecular formula is C20H17F2N3O2S. The molecule has 0 aliphatic carbocycles. The van der Waals surface area contributed by atoms with E-state index in [1.165, 1.54) is 18.5 Å². The molecule has 0 radical (unpaired) electrons. The van der Waals surface area contributed by atoms with Crippen LogP contribution in [-0.2, 0) is 11.3 Å². The molecular weight excluding hydrogens is 384 g/mol. The highest BCUT2D eigenvalue weighted by molar-refractivity contribution is 7.99. The van der Waals surface area contributed by atoms with Crippen LogP contribution in [0.2, 0.25) is 0 Å². The zero-order valence-corrected chi connectivity index (χ0v) is 15.8. The normalized spacial score (nSPS) is 10.7. The van der Waals surface area contributed by atoms with Gasteiger partial charge in [-0.15, -0.1) is 0 Å². The van der Waals surface area contributed by atoms with Gasteiger partial charge in [-0.25, -0.2) is 13.8 Å². The summed E-state index contributed by atoms with van der Waals surface area (Å²) in [5.41, 5.74) is 1.78. The second-order valence-corrected chi connectivity index (χ2v) is 7.02. The van der Waals surface area contributed by atoms with Gasteiger partial charge in [0.05, 0.1) is 11.4 Å². The molecule has 28 heavy (non-hydrogen) atoms. The molecule has 0 bridgehead atoms. The van der Waals surface area contributed by atoms with Gasteiger partial charge in [-0.1, -0.05) is 41.6 Å². The van der Waals surface area contributed by atoms with E-state index >= 15 is 0 Å². The van der Waals surface area contributed by atoms with Crippen molar-refractivity contribution >= 4 is 17.7 Å². The summed E-state index contributed by atoms with van der Waals surface area (Å²) in [5, 5.41) is 2.88. The molecule has 0 aliphatic rings. The van der Waals surface area contributed by atoms with Gasteiger partial charge >= 0.3 is 0 Å². The van der Waals surface area contributed by atoms with Crippen LogP contribution in [-0.4, -0.2) is 21.2 Å². The third-order valence-corrected chi connectivity index (χ3v) is 4.90. The van der Waals surface area contributed by atoms with Crippen molar-refractivity contribution in [3.05, 3.63) is 88.0 Å². The summed E-state index contributed by atoms with van der Waals surface area (Å²) < 4.78 is 27.7. The van der Waals surface area contributed by atoms with Crippen molar-refractivity contribution in [1.82, 2.24) is 14.9 Å². The molecule has 0 saturated heterocycles. The number of amides is 1. The number of halogens is 2. The van der Waals surface area contributed by atoms with Crippen LogP contribution in [0.1, 0.15) is 11.1 Å². The minimum atomic E-state index is -1.05. The maximum atomic E-state index is 13.4. The van der Waals surface area contributed by atoms with Gasteiger partial charge in [-0.3, -0.25) is 14.2 Å². The first-order chi connectivity index (χ1) is 13.4. The van der Waals surface area contributed by atoms with Crippen LogP contribution in [0.4, 0.5) is 8.78 Å². The van der Waals surface area contributed by atoms with E-state index in [0.29, 0.717) is 6.54 Å². The first-order valence-corrected chi connectivity index (χ1v) is 9.41. The topological polar surface area (TPSA) is 64.0 Å². The third-order valence-electron chi connectivity index (χ3n) is 3.94. The Morgan fingerprint density at radius 2 is 1.89 bits per heavy atom. The summed E-state index contributed by atoms with van der Waals surface area (Å²) in [5.74, 6) is -2.28. The lowest BCUT2D eigenvalue weighted by Crippen LogP contribution is -2.26. The van der Waals surface area contributed by atoms with Gasteiger partial charge < -0.3 is 5.32 Å². The molecule has 3 rings (SSSR count). The fourth-order valence-corrected chi connectivity index (χ4v) is 3.15. The van der Waals surface area contributed by atoms with E-state index in [1.54, 1.807) is 0 Å². The highest BCUT2D eigenvalue weighted by Crippen LogP contribution is 2.14. The molecule has 1 heterocycles. The molecule has 1 aromatic heterocycles. The van der Waals surface area contributed by atoms with Gasteiger partial charge in [-0.2, -0.15) is 0 Å². The Labute approximate surface area is 164 Å². The highest BCUT2D eigenvalue weighted by Gasteiger charge is 2.11. The van der Waals surface area contributed by atoms with Crippen molar-refractivity contribution in [2.75, 3.05) is 5.75 Å². The molecule has 1 N–H and O–H groups in total. The Balaban J connectivity index is 1.64. The number of rotatable bonds is 6. The molecule has 5 nitrogen and oxygen atoms in total. The quantitative estimate of drug-likeness (QED) is 0.644. The summed E-state index contributed by atoms with van der Waals surface area (Å²) in [6, 6.07) is 11.0. The number of hydrogen-bond acceptors (Lipinski definition) is 4. The van der Waals surface area contributed by atoms with E-state index in [1.807, 2.05) is 31.2 Å². The van der Waals surface area contributed by atoms with Crippen molar-refractivity contribution in [2.24, 2.45) is 0 Å². The molecule has 1 amide bonds. The second-order valence-electron chi connectivity index (χ2n) is 6.06. The summed E-state index contributed by atoms with van der Waals surface area (Å²) >= 11 is 0.985. The Kier molecular flexibility index (Phi) is 6.20. The van der Waals surface area contributed by atoms with E-state index in [0.717, 1.165) is 39.6 Å². The minimum absolute atomic E-state index is 0.00982. The predicted molar refractivity (Wildman–Crippen MR) is 103 cm³/mol. The summed E-state index contributed by atoms with van der Waals surface area (Å²) in [6.45, 7) is 2.37. The van der Waals surface area contributed by atoms with Crippen LogP contribution in [0.25, 0.3) is 5.69 Å². The smallest absolute Gasteiger partial charge is 0.287 e. The molecule has 144 valence electrons. The number of aryl methyl sites for hydroxylation is 1. The molecule has 0 spiro atoms. The van der Waals surface area contributed by atoms with Crippen LogP contribution in [0.15, 0.2) is 64.7 Å². The van der Waals surface area contributed by atoms with Gasteiger partial charge in [0, 0.05) is 25.0 Å². The minimum Gasteiger partial charge on any atom is -0.351 e. The van der Waals surface area contributed by atoms with Crippen molar-refractivity contribution in [3.8, 4) is 5.69 Å². The maximum absolute atomic E-state index is 13.4. The fraction of sp³-hybridized carbons (Fsp3) is 0.150. The zero-order valence-electron chi connectivity index (χ0n) is 15.0. The molecule has 8 heteroatoms. The third kappa shape index (κ3) is 4.83. The molecule has 0 saturated carbocycles. The number of hydrogen-bond donors (Lipinski definition) is 1. The number of thioether (sulfide) groups is 1. The second kappa shape index (κ2) is 8.79. The number of aromatic nitrogens is 2. The monoisotopic (exact) mass is 401 g/mol. The van der Waals surface area contributed by atoms with Crippen LogP contribution < -0.4 is 10.9 Å². The summed E-state index contributed by atoms with van der Waals surface area (Å²) in [6.07, 6.45) is 2.73. The zero-order chi connectivity index (χ0) is 20.1. The first-order valence-electron chi connectivity index (χ1n) is 8.42. The molecule has 3 aromatic rings. The Hall–Kier alpha value is -3.00. The lowest BCUT2D eigenvalue weighted by molar-refractivity contribution is -0.118. The average molecular weight is 401 g/mol. The van der Waals surface area contributed by atoms with Gasteiger partial charge in [0.15, 0.2) is 16.7 Å². The number of carbonyl (C=O) groups is 1. The standard InChI is InChI=1S/C20H17F2N3O2S/c1-13-2-4-14(5-3-13)11-24-18(26)12-28-19-20(27)25(9-8-23-19)15-6-7-16(21)17(22)10-15/h2-10H,11-12H2,1H3,(H,24,26). The van der Waals surface area contributed by atoms with E-state index in [-0.39, 0.29) is 22.4 Å². The number of carbonyl (C=O) groups excluding carboxylic acids is 1. The summed E-state index contributed by atoms with van der Waals surface area (Å²) in [4.78, 5) is 28.6. The van der Waals surface area contributed by atoms with Gasteiger partial charge in [0.1, 0.15) is 0 Å². The van der Waals surface area contributed by atoms with Gasteiger partial charge in [0.2, 0.25) is 5.91 Å². The van der Waals surface area contributed by atoms with E-state index < -0.39 is 17.2 Å². The van der Waals surface area contributed by atoms with Crippen molar-refractivity contribution < 1.29 is 13.6 Å². The predicted octanol–water partition coefficient (Wildman–Crippen LogP) is 3.23. The summed E-state index contributed by atoms with van der Waals surface area (Å²) in [7, 11) is 0. The lowest BCUT2D eigenvalue weighted by atomic mass is 10.1. The highest BCUT2D eigenvalue weighted by atomic mass is 32.2. The fourth-order valence-electron chi connectivity index (χ4n) is 2.42. The largest absolute Gasteiger partial charge is 0.351 e. The maximum Gasteiger partial charge on any atom is 0.287 e. The number of nitrogens with zero attached hydrogens (tertiary/aromatic N) is 2. The molecule has 0 fully saturated rings. The Bertz CT molecular complexity index is 1050. The van der Waals surface area contributed by atoms with Gasteiger partial charge in [-0.05, 0) is 24.6 Å². The number of nitrogens with one attached hydrogen (secondary N) is 1. The van der Waals surface area contributed by atoms with E-state index in [9.17, 15) is 18.4 Å². The van der Waals surface area contributed by atoms with E-state index in [2.05, 4.69) is 10.3 Å². The first kappa shape index (κ1) is 19.8.